The molecule has 21 heavy (non-hydrogen) atoms. The van der Waals surface area contributed by atoms with E-state index >= 15 is 0 Å². The van der Waals surface area contributed by atoms with E-state index in [0.717, 1.165) is 0 Å². The molecule has 0 aromatic heterocycles. The molecule has 4 nitrogen and oxygen atoms in total. The van der Waals surface area contributed by atoms with Gasteiger partial charge < -0.3 is 4.74 Å². The van der Waals surface area contributed by atoms with E-state index in [-0.39, 0.29) is 28.4 Å². The van der Waals surface area contributed by atoms with Crippen molar-refractivity contribution in [2.75, 3.05) is 0 Å². The van der Waals surface area contributed by atoms with Crippen molar-refractivity contribution in [3.63, 3.8) is 0 Å². The first kappa shape index (κ1) is 13.2. The lowest BCUT2D eigenvalue weighted by Gasteiger charge is -2.20. The predicted octanol–water partition coefficient (Wildman–Crippen LogP) is 2.70. The van der Waals surface area contributed by atoms with Crippen LogP contribution in [0.3, 0.4) is 0 Å². The van der Waals surface area contributed by atoms with Gasteiger partial charge in [-0.05, 0) is 18.6 Å². The largest absolute Gasteiger partial charge is 0.426 e. The molecule has 0 heterocycles. The Morgan fingerprint density at radius 1 is 0.905 bits per heavy atom. The molecule has 104 valence electrons. The zero-order valence-corrected chi connectivity index (χ0v) is 11.6. The van der Waals surface area contributed by atoms with Crippen LogP contribution >= 0.6 is 0 Å². The van der Waals surface area contributed by atoms with Crippen LogP contribution in [0.15, 0.2) is 36.4 Å². The fourth-order valence-corrected chi connectivity index (χ4v) is 2.54. The number of esters is 1. The fraction of sp³-hybridized carbons (Fsp3) is 0.118. The third-order valence-corrected chi connectivity index (χ3v) is 3.49. The minimum Gasteiger partial charge on any atom is -0.426 e. The summed E-state index contributed by atoms with van der Waals surface area (Å²) in [6.45, 7) is 3.00. The molecule has 0 fully saturated rings. The number of hydrogen-bond acceptors (Lipinski definition) is 4. The molecule has 0 bridgehead atoms. The number of ether oxygens (including phenoxy) is 1. The number of hydrogen-bond donors (Lipinski definition) is 0. The number of carbonyl (C=O) groups excluding carboxylic acids is 3. The lowest BCUT2D eigenvalue weighted by molar-refractivity contribution is -0.131. The summed E-state index contributed by atoms with van der Waals surface area (Å²) in [7, 11) is 0. The van der Waals surface area contributed by atoms with Gasteiger partial charge in [0.25, 0.3) is 0 Å². The normalized spacial score (nSPS) is 12.7. The van der Waals surface area contributed by atoms with Crippen LogP contribution in [0.5, 0.6) is 5.75 Å². The quantitative estimate of drug-likeness (QED) is 0.508. The molecule has 2 aromatic carbocycles. The van der Waals surface area contributed by atoms with E-state index in [9.17, 15) is 14.4 Å². The Morgan fingerprint density at radius 3 is 2.14 bits per heavy atom. The van der Waals surface area contributed by atoms with Crippen LogP contribution in [0.1, 0.15) is 44.3 Å². The zero-order chi connectivity index (χ0) is 15.1. The van der Waals surface area contributed by atoms with Gasteiger partial charge in [-0.15, -0.1) is 0 Å². The predicted molar refractivity (Wildman–Crippen MR) is 75.8 cm³/mol. The van der Waals surface area contributed by atoms with Crippen molar-refractivity contribution in [1.82, 2.24) is 0 Å². The van der Waals surface area contributed by atoms with E-state index in [0.29, 0.717) is 16.7 Å². The topological polar surface area (TPSA) is 60.4 Å². The second-order valence-corrected chi connectivity index (χ2v) is 4.93. The summed E-state index contributed by atoms with van der Waals surface area (Å²) in [4.78, 5) is 36.4. The summed E-state index contributed by atoms with van der Waals surface area (Å²) in [5.41, 5.74) is 1.82. The summed E-state index contributed by atoms with van der Waals surface area (Å²) in [6.07, 6.45) is 0. The zero-order valence-electron chi connectivity index (χ0n) is 11.6. The maximum absolute atomic E-state index is 12.7. The monoisotopic (exact) mass is 280 g/mol. The Morgan fingerprint density at radius 2 is 1.52 bits per heavy atom. The summed E-state index contributed by atoms with van der Waals surface area (Å²) in [5, 5.41) is 0. The van der Waals surface area contributed by atoms with Crippen molar-refractivity contribution >= 4 is 17.5 Å². The lowest BCUT2D eigenvalue weighted by Crippen LogP contribution is -2.22. The van der Waals surface area contributed by atoms with Crippen molar-refractivity contribution in [3.05, 3.63) is 64.2 Å². The summed E-state index contributed by atoms with van der Waals surface area (Å²) >= 11 is 0. The Hall–Kier alpha value is -2.75. The van der Waals surface area contributed by atoms with Crippen LogP contribution in [0, 0.1) is 6.92 Å². The number of carbonyl (C=O) groups is 3. The average molecular weight is 280 g/mol. The molecule has 0 amide bonds. The van der Waals surface area contributed by atoms with Crippen LogP contribution < -0.4 is 4.74 Å². The van der Waals surface area contributed by atoms with E-state index in [2.05, 4.69) is 0 Å². The van der Waals surface area contributed by atoms with E-state index in [1.807, 2.05) is 0 Å². The molecule has 1 aliphatic rings. The molecule has 0 saturated carbocycles. The molecule has 0 N–H and O–H groups in total. The lowest BCUT2D eigenvalue weighted by atomic mass is 9.83. The summed E-state index contributed by atoms with van der Waals surface area (Å²) in [6, 6.07) is 9.94. The molecule has 4 heteroatoms. The van der Waals surface area contributed by atoms with E-state index in [4.69, 9.17) is 4.74 Å². The van der Waals surface area contributed by atoms with E-state index in [1.54, 1.807) is 43.3 Å². The minimum atomic E-state index is -0.523. The molecule has 0 aliphatic heterocycles. The van der Waals surface area contributed by atoms with Gasteiger partial charge in [0.05, 0.1) is 5.56 Å². The highest BCUT2D eigenvalue weighted by atomic mass is 16.5. The minimum absolute atomic E-state index is 0.174. The van der Waals surface area contributed by atoms with Gasteiger partial charge >= 0.3 is 5.97 Å². The third kappa shape index (κ3) is 1.96. The molecule has 0 spiro atoms. The SMILES string of the molecule is CC(=O)Oc1c(C)ccc2c1C(=O)c1ccccc1C2=O. The second-order valence-electron chi connectivity index (χ2n) is 4.93. The Balaban J connectivity index is 2.30. The van der Waals surface area contributed by atoms with Crippen molar-refractivity contribution in [1.29, 1.82) is 0 Å². The maximum atomic E-state index is 12.7. The summed E-state index contributed by atoms with van der Waals surface area (Å²) in [5.74, 6) is -0.868. The van der Waals surface area contributed by atoms with Crippen molar-refractivity contribution in [2.45, 2.75) is 13.8 Å². The number of ketones is 2. The van der Waals surface area contributed by atoms with Crippen molar-refractivity contribution in [2.24, 2.45) is 0 Å². The maximum Gasteiger partial charge on any atom is 0.308 e. The average Bonchev–Trinajstić information content (AvgIpc) is 2.46. The number of rotatable bonds is 1. The highest BCUT2D eigenvalue weighted by Crippen LogP contribution is 2.35. The Kier molecular flexibility index (Phi) is 2.94. The number of benzene rings is 2. The Labute approximate surface area is 121 Å². The molecular formula is C17H12O4. The highest BCUT2D eigenvalue weighted by Gasteiger charge is 2.33. The molecule has 0 unspecified atom stereocenters. The standard InChI is InChI=1S/C17H12O4/c1-9-7-8-13-14(17(9)21-10(2)18)16(20)12-6-4-3-5-11(12)15(13)19/h3-8H,1-2H3. The molecule has 0 saturated heterocycles. The van der Waals surface area contributed by atoms with E-state index < -0.39 is 5.97 Å². The first-order valence-electron chi connectivity index (χ1n) is 6.51. The first-order chi connectivity index (χ1) is 10.0. The smallest absolute Gasteiger partial charge is 0.308 e. The molecule has 2 aromatic rings. The van der Waals surface area contributed by atoms with Gasteiger partial charge in [-0.2, -0.15) is 0 Å². The van der Waals surface area contributed by atoms with E-state index in [1.165, 1.54) is 6.92 Å². The van der Waals surface area contributed by atoms with Gasteiger partial charge in [-0.1, -0.05) is 30.3 Å². The van der Waals surface area contributed by atoms with Gasteiger partial charge in [-0.3, -0.25) is 14.4 Å². The molecule has 0 atom stereocenters. The van der Waals surface area contributed by atoms with Crippen LogP contribution in [0.2, 0.25) is 0 Å². The number of fused-ring (bicyclic) bond motifs is 2. The second kappa shape index (κ2) is 4.66. The van der Waals surface area contributed by atoms with Crippen LogP contribution in [0.25, 0.3) is 0 Å². The van der Waals surface area contributed by atoms with Crippen LogP contribution in [0.4, 0.5) is 0 Å². The molecular weight excluding hydrogens is 268 g/mol. The Bertz CT molecular complexity index is 802. The summed E-state index contributed by atoms with van der Waals surface area (Å²) < 4.78 is 5.17. The van der Waals surface area contributed by atoms with Crippen LogP contribution in [-0.4, -0.2) is 17.5 Å². The van der Waals surface area contributed by atoms with Gasteiger partial charge in [0.15, 0.2) is 11.6 Å². The van der Waals surface area contributed by atoms with Gasteiger partial charge in [0.1, 0.15) is 5.75 Å². The molecule has 3 rings (SSSR count). The third-order valence-electron chi connectivity index (χ3n) is 3.49. The van der Waals surface area contributed by atoms with Crippen molar-refractivity contribution < 1.29 is 19.1 Å². The van der Waals surface area contributed by atoms with Gasteiger partial charge in [-0.25, -0.2) is 0 Å². The van der Waals surface area contributed by atoms with Crippen molar-refractivity contribution in [3.8, 4) is 5.75 Å². The highest BCUT2D eigenvalue weighted by molar-refractivity contribution is 6.29. The van der Waals surface area contributed by atoms with Gasteiger partial charge in [0, 0.05) is 23.6 Å². The number of aryl methyl sites for hydroxylation is 1. The molecule has 1 aliphatic carbocycles. The fourth-order valence-electron chi connectivity index (χ4n) is 2.54. The van der Waals surface area contributed by atoms with Crippen LogP contribution in [-0.2, 0) is 4.79 Å². The first-order valence-corrected chi connectivity index (χ1v) is 6.51. The molecule has 0 radical (unpaired) electrons. The van der Waals surface area contributed by atoms with Gasteiger partial charge in [0.2, 0.25) is 0 Å².